The van der Waals surface area contributed by atoms with Crippen molar-refractivity contribution in [2.45, 2.75) is 26.0 Å². The molecule has 17 heavy (non-hydrogen) atoms. The minimum absolute atomic E-state index is 0.168. The highest BCUT2D eigenvalue weighted by Crippen LogP contribution is 2.21. The molecule has 0 amide bonds. The predicted octanol–water partition coefficient (Wildman–Crippen LogP) is 2.79. The van der Waals surface area contributed by atoms with Gasteiger partial charge in [-0.3, -0.25) is 4.90 Å². The summed E-state index contributed by atoms with van der Waals surface area (Å²) in [7, 11) is 0. The summed E-state index contributed by atoms with van der Waals surface area (Å²) in [6.45, 7) is 4.32. The van der Waals surface area contributed by atoms with Gasteiger partial charge in [0.1, 0.15) is 5.82 Å². The lowest BCUT2D eigenvalue weighted by Crippen LogP contribution is -2.41. The third-order valence-electron chi connectivity index (χ3n) is 3.35. The molecule has 2 nitrogen and oxygen atoms in total. The molecule has 2 unspecified atom stereocenters. The highest BCUT2D eigenvalue weighted by Gasteiger charge is 2.24. The standard InChI is InChI=1S/C13H17BrFNO/c1-9-7-16(5-4-13(9)17)8-10-2-3-11(14)6-12(10)15/h2-3,6,9,13,17H,4-5,7-8H2,1H3. The molecule has 0 spiro atoms. The molecule has 0 aromatic heterocycles. The molecule has 1 aromatic rings. The molecule has 1 aliphatic rings. The molecular formula is C13H17BrFNO. The first kappa shape index (κ1) is 13.0. The van der Waals surface area contributed by atoms with Crippen LogP contribution in [0.1, 0.15) is 18.9 Å². The first-order chi connectivity index (χ1) is 8.06. The fraction of sp³-hybridized carbons (Fsp3) is 0.538. The second kappa shape index (κ2) is 5.46. The zero-order valence-corrected chi connectivity index (χ0v) is 11.5. The first-order valence-electron chi connectivity index (χ1n) is 5.90. The van der Waals surface area contributed by atoms with E-state index in [4.69, 9.17) is 0 Å². The Morgan fingerprint density at radius 1 is 1.53 bits per heavy atom. The van der Waals surface area contributed by atoms with Gasteiger partial charge in [0, 0.05) is 29.7 Å². The average Bonchev–Trinajstić information content (AvgIpc) is 2.27. The van der Waals surface area contributed by atoms with E-state index in [1.807, 2.05) is 19.1 Å². The predicted molar refractivity (Wildman–Crippen MR) is 69.2 cm³/mol. The van der Waals surface area contributed by atoms with Crippen LogP contribution in [0.4, 0.5) is 4.39 Å². The van der Waals surface area contributed by atoms with E-state index >= 15 is 0 Å². The Labute approximate surface area is 110 Å². The van der Waals surface area contributed by atoms with Crippen molar-refractivity contribution in [1.29, 1.82) is 0 Å². The molecule has 1 aromatic carbocycles. The largest absolute Gasteiger partial charge is 0.393 e. The fourth-order valence-corrected chi connectivity index (χ4v) is 2.59. The molecular weight excluding hydrogens is 285 g/mol. The summed E-state index contributed by atoms with van der Waals surface area (Å²) in [6, 6.07) is 5.17. The Kier molecular flexibility index (Phi) is 4.17. The summed E-state index contributed by atoms with van der Waals surface area (Å²) in [4.78, 5) is 2.20. The van der Waals surface area contributed by atoms with Crippen LogP contribution in [0.15, 0.2) is 22.7 Å². The Morgan fingerprint density at radius 3 is 2.94 bits per heavy atom. The highest BCUT2D eigenvalue weighted by molar-refractivity contribution is 9.10. The molecule has 1 N–H and O–H groups in total. The van der Waals surface area contributed by atoms with Crippen LogP contribution < -0.4 is 0 Å². The van der Waals surface area contributed by atoms with E-state index < -0.39 is 0 Å². The van der Waals surface area contributed by atoms with E-state index in [1.54, 1.807) is 0 Å². The summed E-state index contributed by atoms with van der Waals surface area (Å²) in [5, 5.41) is 9.65. The molecule has 0 bridgehead atoms. The molecule has 1 fully saturated rings. The number of piperidine rings is 1. The Morgan fingerprint density at radius 2 is 2.29 bits per heavy atom. The SMILES string of the molecule is CC1CN(Cc2ccc(Br)cc2F)CCC1O. The van der Waals surface area contributed by atoms with E-state index in [1.165, 1.54) is 6.07 Å². The number of aliphatic hydroxyl groups excluding tert-OH is 1. The van der Waals surface area contributed by atoms with Crippen LogP contribution in [0.25, 0.3) is 0 Å². The number of halogens is 2. The third kappa shape index (κ3) is 3.27. The minimum Gasteiger partial charge on any atom is -0.393 e. The quantitative estimate of drug-likeness (QED) is 0.908. The van der Waals surface area contributed by atoms with Crippen LogP contribution in [-0.4, -0.2) is 29.2 Å². The van der Waals surface area contributed by atoms with Gasteiger partial charge in [-0.2, -0.15) is 0 Å². The number of rotatable bonds is 2. The van der Waals surface area contributed by atoms with Gasteiger partial charge in [-0.25, -0.2) is 4.39 Å². The molecule has 1 saturated heterocycles. The van der Waals surface area contributed by atoms with Gasteiger partial charge in [0.15, 0.2) is 0 Å². The van der Waals surface area contributed by atoms with Gasteiger partial charge in [0.2, 0.25) is 0 Å². The van der Waals surface area contributed by atoms with Crippen molar-refractivity contribution in [3.05, 3.63) is 34.1 Å². The maximum absolute atomic E-state index is 13.7. The van der Waals surface area contributed by atoms with Crippen molar-refractivity contribution in [3.8, 4) is 0 Å². The Bertz CT molecular complexity index is 399. The maximum Gasteiger partial charge on any atom is 0.128 e. The van der Waals surface area contributed by atoms with Crippen molar-refractivity contribution in [1.82, 2.24) is 4.90 Å². The number of hydrogen-bond donors (Lipinski definition) is 1. The van der Waals surface area contributed by atoms with Crippen molar-refractivity contribution in [2.75, 3.05) is 13.1 Å². The molecule has 1 aliphatic heterocycles. The minimum atomic E-state index is -0.207. The van der Waals surface area contributed by atoms with Crippen LogP contribution >= 0.6 is 15.9 Å². The normalized spacial score (nSPS) is 26.1. The number of nitrogens with zero attached hydrogens (tertiary/aromatic N) is 1. The topological polar surface area (TPSA) is 23.5 Å². The van der Waals surface area contributed by atoms with Gasteiger partial charge in [-0.15, -0.1) is 0 Å². The molecule has 2 rings (SSSR count). The Balaban J connectivity index is 2.01. The fourth-order valence-electron chi connectivity index (χ4n) is 2.25. The van der Waals surface area contributed by atoms with E-state index in [0.29, 0.717) is 6.54 Å². The van der Waals surface area contributed by atoms with Crippen LogP contribution in [0.2, 0.25) is 0 Å². The number of likely N-dealkylation sites (tertiary alicyclic amines) is 1. The van der Waals surface area contributed by atoms with Gasteiger partial charge in [-0.05, 0) is 24.5 Å². The summed E-state index contributed by atoms with van der Waals surface area (Å²) < 4.78 is 14.4. The second-order valence-electron chi connectivity index (χ2n) is 4.80. The van der Waals surface area contributed by atoms with Crippen molar-refractivity contribution < 1.29 is 9.50 Å². The van der Waals surface area contributed by atoms with Crippen LogP contribution in [-0.2, 0) is 6.54 Å². The zero-order valence-electron chi connectivity index (χ0n) is 9.87. The van der Waals surface area contributed by atoms with Gasteiger partial charge in [0.25, 0.3) is 0 Å². The van der Waals surface area contributed by atoms with Gasteiger partial charge in [0.05, 0.1) is 6.10 Å². The van der Waals surface area contributed by atoms with Crippen LogP contribution in [0, 0.1) is 11.7 Å². The summed E-state index contributed by atoms with van der Waals surface area (Å²) in [5.74, 6) is 0.0976. The second-order valence-corrected chi connectivity index (χ2v) is 5.72. The maximum atomic E-state index is 13.7. The van der Waals surface area contributed by atoms with Gasteiger partial charge < -0.3 is 5.11 Å². The molecule has 2 atom stereocenters. The van der Waals surface area contributed by atoms with Crippen molar-refractivity contribution in [2.24, 2.45) is 5.92 Å². The lowest BCUT2D eigenvalue weighted by atomic mass is 9.96. The molecule has 4 heteroatoms. The lowest BCUT2D eigenvalue weighted by Gasteiger charge is -2.34. The number of aliphatic hydroxyl groups is 1. The van der Waals surface area contributed by atoms with Crippen molar-refractivity contribution in [3.63, 3.8) is 0 Å². The Hall–Kier alpha value is -0.450. The summed E-state index contributed by atoms with van der Waals surface area (Å²) in [5.41, 5.74) is 0.719. The van der Waals surface area contributed by atoms with E-state index in [2.05, 4.69) is 20.8 Å². The molecule has 0 radical (unpaired) electrons. The van der Waals surface area contributed by atoms with E-state index in [9.17, 15) is 9.50 Å². The monoisotopic (exact) mass is 301 g/mol. The smallest absolute Gasteiger partial charge is 0.128 e. The van der Waals surface area contributed by atoms with Crippen molar-refractivity contribution >= 4 is 15.9 Å². The lowest BCUT2D eigenvalue weighted by molar-refractivity contribution is 0.0316. The third-order valence-corrected chi connectivity index (χ3v) is 3.85. The zero-order chi connectivity index (χ0) is 12.4. The molecule has 94 valence electrons. The molecule has 0 saturated carbocycles. The molecule has 1 heterocycles. The van der Waals surface area contributed by atoms with Crippen LogP contribution in [0.5, 0.6) is 0 Å². The van der Waals surface area contributed by atoms with Gasteiger partial charge in [-0.1, -0.05) is 28.9 Å². The number of hydrogen-bond acceptors (Lipinski definition) is 2. The van der Waals surface area contributed by atoms with E-state index in [-0.39, 0.29) is 17.8 Å². The van der Waals surface area contributed by atoms with Crippen LogP contribution in [0.3, 0.4) is 0 Å². The highest BCUT2D eigenvalue weighted by atomic mass is 79.9. The first-order valence-corrected chi connectivity index (χ1v) is 6.70. The number of benzene rings is 1. The summed E-state index contributed by atoms with van der Waals surface area (Å²) in [6.07, 6.45) is 0.570. The van der Waals surface area contributed by atoms with E-state index in [0.717, 1.165) is 29.5 Å². The molecule has 0 aliphatic carbocycles. The average molecular weight is 302 g/mol. The van der Waals surface area contributed by atoms with Gasteiger partial charge >= 0.3 is 0 Å². The summed E-state index contributed by atoms with van der Waals surface area (Å²) >= 11 is 3.25.